The van der Waals surface area contributed by atoms with E-state index in [-0.39, 0.29) is 12.4 Å². The number of ether oxygens (including phenoxy) is 2. The smallest absolute Gasteiger partial charge is 0.216 e. The number of aromatic hydroxyl groups is 1. The third kappa shape index (κ3) is 6.14. The lowest BCUT2D eigenvalue weighted by Crippen LogP contribution is -2.33. The van der Waals surface area contributed by atoms with E-state index in [2.05, 4.69) is 10.3 Å². The maximum atomic E-state index is 9.86. The van der Waals surface area contributed by atoms with Gasteiger partial charge in [-0.25, -0.2) is 4.98 Å². The predicted molar refractivity (Wildman–Crippen MR) is 86.9 cm³/mol. The van der Waals surface area contributed by atoms with E-state index < -0.39 is 6.10 Å². The van der Waals surface area contributed by atoms with Crippen LogP contribution >= 0.6 is 0 Å². The zero-order chi connectivity index (χ0) is 16.5. The maximum Gasteiger partial charge on any atom is 0.216 e. The summed E-state index contributed by atoms with van der Waals surface area (Å²) in [5.74, 6) is 1.45. The van der Waals surface area contributed by atoms with Crippen LogP contribution in [0.25, 0.3) is 0 Å². The van der Waals surface area contributed by atoms with E-state index in [0.717, 1.165) is 5.56 Å². The molecule has 0 radical (unpaired) electrons. The summed E-state index contributed by atoms with van der Waals surface area (Å²) in [6.07, 6.45) is 1.04. The summed E-state index contributed by atoms with van der Waals surface area (Å²) in [5, 5.41) is 22.1. The van der Waals surface area contributed by atoms with Crippen molar-refractivity contribution in [2.24, 2.45) is 0 Å². The van der Waals surface area contributed by atoms with Gasteiger partial charge in [-0.2, -0.15) is 0 Å². The molecule has 6 heteroatoms. The van der Waals surface area contributed by atoms with Crippen LogP contribution in [-0.2, 0) is 0 Å². The fraction of sp³-hybridized carbons (Fsp3) is 0.353. The van der Waals surface area contributed by atoms with Crippen molar-refractivity contribution in [1.29, 1.82) is 0 Å². The molecule has 0 bridgehead atoms. The van der Waals surface area contributed by atoms with Gasteiger partial charge in [-0.3, -0.25) is 0 Å². The first-order valence-corrected chi connectivity index (χ1v) is 7.50. The highest BCUT2D eigenvalue weighted by molar-refractivity contribution is 5.30. The van der Waals surface area contributed by atoms with E-state index in [0.29, 0.717) is 31.3 Å². The van der Waals surface area contributed by atoms with Gasteiger partial charge in [0.15, 0.2) is 0 Å². The van der Waals surface area contributed by atoms with Crippen molar-refractivity contribution < 1.29 is 19.7 Å². The SMILES string of the molecule is Cc1cccnc1OCC(O)CNCCOc1ccc(O)cc1. The Morgan fingerprint density at radius 2 is 1.96 bits per heavy atom. The number of phenolic OH excluding ortho intramolecular Hbond substituents is 1. The molecule has 0 aliphatic rings. The van der Waals surface area contributed by atoms with E-state index in [9.17, 15) is 5.11 Å². The van der Waals surface area contributed by atoms with E-state index in [1.807, 2.05) is 19.1 Å². The Morgan fingerprint density at radius 1 is 1.17 bits per heavy atom. The number of pyridine rings is 1. The van der Waals surface area contributed by atoms with Gasteiger partial charge in [-0.15, -0.1) is 0 Å². The Bertz CT molecular complexity index is 589. The molecule has 0 aliphatic carbocycles. The molecule has 2 aromatic rings. The first kappa shape index (κ1) is 17.1. The largest absolute Gasteiger partial charge is 0.508 e. The molecule has 1 unspecified atom stereocenters. The molecular weight excluding hydrogens is 296 g/mol. The molecule has 124 valence electrons. The number of nitrogens with one attached hydrogen (secondary N) is 1. The van der Waals surface area contributed by atoms with Crippen molar-refractivity contribution in [3.63, 3.8) is 0 Å². The van der Waals surface area contributed by atoms with Crippen LogP contribution in [0, 0.1) is 6.92 Å². The summed E-state index contributed by atoms with van der Waals surface area (Å²) in [4.78, 5) is 4.11. The number of aromatic nitrogens is 1. The second-order valence-electron chi connectivity index (χ2n) is 5.14. The van der Waals surface area contributed by atoms with Crippen molar-refractivity contribution in [2.45, 2.75) is 13.0 Å². The summed E-state index contributed by atoms with van der Waals surface area (Å²) in [7, 11) is 0. The Kier molecular flexibility index (Phi) is 6.65. The van der Waals surface area contributed by atoms with E-state index in [1.54, 1.807) is 30.5 Å². The lowest BCUT2D eigenvalue weighted by atomic mass is 10.3. The molecule has 6 nitrogen and oxygen atoms in total. The highest BCUT2D eigenvalue weighted by Gasteiger charge is 2.06. The van der Waals surface area contributed by atoms with Gasteiger partial charge in [0.1, 0.15) is 30.8 Å². The Hall–Kier alpha value is -2.31. The molecule has 1 atom stereocenters. The van der Waals surface area contributed by atoms with Crippen LogP contribution in [0.5, 0.6) is 17.4 Å². The molecule has 1 aromatic heterocycles. The minimum absolute atomic E-state index is 0.184. The third-order valence-electron chi connectivity index (χ3n) is 3.14. The van der Waals surface area contributed by atoms with Crippen LogP contribution in [0.2, 0.25) is 0 Å². The molecule has 0 spiro atoms. The zero-order valence-electron chi connectivity index (χ0n) is 13.1. The van der Waals surface area contributed by atoms with Crippen LogP contribution < -0.4 is 14.8 Å². The lowest BCUT2D eigenvalue weighted by Gasteiger charge is -2.14. The molecule has 0 amide bonds. The van der Waals surface area contributed by atoms with Gasteiger partial charge >= 0.3 is 0 Å². The van der Waals surface area contributed by atoms with Crippen molar-refractivity contribution >= 4 is 0 Å². The fourth-order valence-corrected chi connectivity index (χ4v) is 1.91. The molecule has 0 fully saturated rings. The first-order chi connectivity index (χ1) is 11.1. The van der Waals surface area contributed by atoms with Crippen LogP contribution in [0.15, 0.2) is 42.6 Å². The summed E-state index contributed by atoms with van der Waals surface area (Å²) in [6.45, 7) is 3.57. The van der Waals surface area contributed by atoms with Crippen molar-refractivity contribution in [2.75, 3.05) is 26.3 Å². The number of rotatable bonds is 9. The Labute approximate surface area is 135 Å². The summed E-state index contributed by atoms with van der Waals surface area (Å²) < 4.78 is 11.0. The molecule has 0 saturated carbocycles. The minimum atomic E-state index is -0.620. The lowest BCUT2D eigenvalue weighted by molar-refractivity contribution is 0.102. The molecule has 23 heavy (non-hydrogen) atoms. The second kappa shape index (κ2) is 8.97. The summed E-state index contributed by atoms with van der Waals surface area (Å²) >= 11 is 0. The first-order valence-electron chi connectivity index (χ1n) is 7.50. The quantitative estimate of drug-likeness (QED) is 0.608. The monoisotopic (exact) mass is 318 g/mol. The normalized spacial score (nSPS) is 11.9. The number of hydrogen-bond acceptors (Lipinski definition) is 6. The zero-order valence-corrected chi connectivity index (χ0v) is 13.1. The molecule has 0 saturated heterocycles. The van der Waals surface area contributed by atoms with Gasteiger partial charge < -0.3 is 25.0 Å². The molecule has 1 heterocycles. The number of aryl methyl sites for hydroxylation is 1. The number of aliphatic hydroxyl groups excluding tert-OH is 1. The number of hydrogen-bond donors (Lipinski definition) is 3. The van der Waals surface area contributed by atoms with Crippen LogP contribution in [0.1, 0.15) is 5.56 Å². The average molecular weight is 318 g/mol. The minimum Gasteiger partial charge on any atom is -0.508 e. The van der Waals surface area contributed by atoms with Crippen molar-refractivity contribution in [3.05, 3.63) is 48.2 Å². The number of phenols is 1. The number of nitrogens with zero attached hydrogens (tertiary/aromatic N) is 1. The molecular formula is C17H22N2O4. The second-order valence-corrected chi connectivity index (χ2v) is 5.14. The highest BCUT2D eigenvalue weighted by Crippen LogP contribution is 2.15. The summed E-state index contributed by atoms with van der Waals surface area (Å²) in [6, 6.07) is 10.3. The average Bonchev–Trinajstić information content (AvgIpc) is 2.55. The van der Waals surface area contributed by atoms with E-state index >= 15 is 0 Å². The molecule has 0 aliphatic heterocycles. The van der Waals surface area contributed by atoms with E-state index in [1.165, 1.54) is 0 Å². The molecule has 1 aromatic carbocycles. The van der Waals surface area contributed by atoms with Gasteiger partial charge in [0.2, 0.25) is 5.88 Å². The summed E-state index contributed by atoms with van der Waals surface area (Å²) in [5.41, 5.74) is 0.940. The topological polar surface area (TPSA) is 83.8 Å². The van der Waals surface area contributed by atoms with Gasteiger partial charge in [0.05, 0.1) is 0 Å². The molecule has 3 N–H and O–H groups in total. The predicted octanol–water partition coefficient (Wildman–Crippen LogP) is 1.50. The number of aliphatic hydroxyl groups is 1. The number of benzene rings is 1. The Morgan fingerprint density at radius 3 is 2.70 bits per heavy atom. The maximum absolute atomic E-state index is 9.86. The van der Waals surface area contributed by atoms with Gasteiger partial charge in [-0.1, -0.05) is 6.07 Å². The highest BCUT2D eigenvalue weighted by atomic mass is 16.5. The van der Waals surface area contributed by atoms with Gasteiger partial charge in [-0.05, 0) is 37.3 Å². The van der Waals surface area contributed by atoms with Crippen LogP contribution in [-0.4, -0.2) is 47.6 Å². The standard InChI is InChI=1S/C17H22N2O4/c1-13-3-2-8-19-17(13)23-12-15(21)11-18-9-10-22-16-6-4-14(20)5-7-16/h2-8,15,18,20-21H,9-12H2,1H3. The third-order valence-corrected chi connectivity index (χ3v) is 3.14. The fourth-order valence-electron chi connectivity index (χ4n) is 1.91. The van der Waals surface area contributed by atoms with Crippen LogP contribution in [0.3, 0.4) is 0 Å². The van der Waals surface area contributed by atoms with E-state index in [4.69, 9.17) is 14.6 Å². The van der Waals surface area contributed by atoms with Crippen molar-refractivity contribution in [1.82, 2.24) is 10.3 Å². The van der Waals surface area contributed by atoms with Gasteiger partial charge in [0, 0.05) is 24.8 Å². The Balaban J connectivity index is 1.57. The van der Waals surface area contributed by atoms with Gasteiger partial charge in [0.25, 0.3) is 0 Å². The molecule has 2 rings (SSSR count). The van der Waals surface area contributed by atoms with Crippen LogP contribution in [0.4, 0.5) is 0 Å². The van der Waals surface area contributed by atoms with Crippen molar-refractivity contribution in [3.8, 4) is 17.4 Å².